The van der Waals surface area contributed by atoms with Crippen molar-refractivity contribution in [3.05, 3.63) is 40.7 Å². The predicted molar refractivity (Wildman–Crippen MR) is 82.9 cm³/mol. The maximum Gasteiger partial charge on any atom is 0.0674 e. The van der Waals surface area contributed by atoms with E-state index in [9.17, 15) is 0 Å². The molecule has 0 amide bonds. The molecule has 0 spiro atoms. The van der Waals surface area contributed by atoms with Crippen molar-refractivity contribution in [2.24, 2.45) is 0 Å². The van der Waals surface area contributed by atoms with Gasteiger partial charge in [0.05, 0.1) is 5.69 Å². The van der Waals surface area contributed by atoms with E-state index in [-0.39, 0.29) is 0 Å². The summed E-state index contributed by atoms with van der Waals surface area (Å²) in [6.45, 7) is 7.35. The monoisotopic (exact) mass is 269 g/mol. The molecule has 1 aromatic heterocycles. The summed E-state index contributed by atoms with van der Waals surface area (Å²) in [4.78, 5) is 0. The van der Waals surface area contributed by atoms with Gasteiger partial charge in [0.25, 0.3) is 0 Å². The van der Waals surface area contributed by atoms with Gasteiger partial charge in [-0.3, -0.25) is 4.68 Å². The molecule has 2 aromatic rings. The zero-order valence-electron chi connectivity index (χ0n) is 12.8. The van der Waals surface area contributed by atoms with Gasteiger partial charge in [0, 0.05) is 23.8 Å². The van der Waals surface area contributed by atoms with Gasteiger partial charge >= 0.3 is 0 Å². The van der Waals surface area contributed by atoms with E-state index < -0.39 is 0 Å². The fourth-order valence-electron chi connectivity index (χ4n) is 3.50. The quantitative estimate of drug-likeness (QED) is 0.925. The van der Waals surface area contributed by atoms with E-state index in [1.807, 2.05) is 7.05 Å². The van der Waals surface area contributed by atoms with E-state index in [0.717, 1.165) is 12.2 Å². The Balaban J connectivity index is 2.07. The van der Waals surface area contributed by atoms with E-state index in [2.05, 4.69) is 54.1 Å². The van der Waals surface area contributed by atoms with Gasteiger partial charge in [-0.25, -0.2) is 0 Å². The third kappa shape index (κ3) is 1.97. The Kier molecular flexibility index (Phi) is 3.38. The minimum absolute atomic E-state index is 0.527. The molecule has 0 saturated heterocycles. The SMILES string of the molecule is CCn1nc(C)c(-c2ccc3c(c2)CCC3NC)c1C. The number of aromatic nitrogens is 2. The second kappa shape index (κ2) is 5.06. The molecule has 1 aliphatic carbocycles. The Morgan fingerprint density at radius 1 is 1.35 bits per heavy atom. The van der Waals surface area contributed by atoms with Crippen LogP contribution in [0.3, 0.4) is 0 Å². The number of rotatable bonds is 3. The van der Waals surface area contributed by atoms with E-state index >= 15 is 0 Å². The van der Waals surface area contributed by atoms with Gasteiger partial charge in [0.2, 0.25) is 0 Å². The molecule has 3 nitrogen and oxygen atoms in total. The molecule has 0 radical (unpaired) electrons. The van der Waals surface area contributed by atoms with Crippen molar-refractivity contribution < 1.29 is 0 Å². The van der Waals surface area contributed by atoms with Crippen LogP contribution in [0.2, 0.25) is 0 Å². The lowest BCUT2D eigenvalue weighted by Crippen LogP contribution is -2.12. The number of fused-ring (bicyclic) bond motifs is 1. The molecule has 0 saturated carbocycles. The van der Waals surface area contributed by atoms with Crippen LogP contribution in [0.15, 0.2) is 18.2 Å². The van der Waals surface area contributed by atoms with Gasteiger partial charge in [0.15, 0.2) is 0 Å². The van der Waals surface area contributed by atoms with Crippen LogP contribution in [0, 0.1) is 13.8 Å². The summed E-state index contributed by atoms with van der Waals surface area (Å²) in [7, 11) is 2.05. The topological polar surface area (TPSA) is 29.9 Å². The smallest absolute Gasteiger partial charge is 0.0674 e. The van der Waals surface area contributed by atoms with E-state index in [0.29, 0.717) is 6.04 Å². The molecule has 0 fully saturated rings. The minimum Gasteiger partial charge on any atom is -0.313 e. The van der Waals surface area contributed by atoms with Crippen molar-refractivity contribution in [3.8, 4) is 11.1 Å². The number of hydrogen-bond acceptors (Lipinski definition) is 2. The number of nitrogens with zero attached hydrogens (tertiary/aromatic N) is 2. The van der Waals surface area contributed by atoms with Crippen LogP contribution in [0.1, 0.15) is 41.9 Å². The van der Waals surface area contributed by atoms with Gasteiger partial charge < -0.3 is 5.32 Å². The van der Waals surface area contributed by atoms with E-state index in [4.69, 9.17) is 0 Å². The average molecular weight is 269 g/mol. The number of aryl methyl sites for hydroxylation is 3. The van der Waals surface area contributed by atoms with Crippen molar-refractivity contribution in [2.45, 2.75) is 46.2 Å². The summed E-state index contributed by atoms with van der Waals surface area (Å²) in [5.41, 5.74) is 7.98. The van der Waals surface area contributed by atoms with Gasteiger partial charge in [-0.05, 0) is 57.4 Å². The number of hydrogen-bond donors (Lipinski definition) is 1. The molecule has 1 unspecified atom stereocenters. The Hall–Kier alpha value is -1.61. The summed E-state index contributed by atoms with van der Waals surface area (Å²) in [6.07, 6.45) is 2.39. The first-order chi connectivity index (χ1) is 9.65. The molecule has 1 atom stereocenters. The molecular weight excluding hydrogens is 246 g/mol. The molecule has 1 aromatic carbocycles. The Bertz CT molecular complexity index is 640. The lowest BCUT2D eigenvalue weighted by atomic mass is 9.98. The molecule has 20 heavy (non-hydrogen) atoms. The van der Waals surface area contributed by atoms with Crippen LogP contribution in [0.25, 0.3) is 11.1 Å². The van der Waals surface area contributed by atoms with Crippen LogP contribution < -0.4 is 5.32 Å². The molecule has 3 heteroatoms. The summed E-state index contributed by atoms with van der Waals surface area (Å²) < 4.78 is 2.09. The Morgan fingerprint density at radius 3 is 2.80 bits per heavy atom. The Morgan fingerprint density at radius 2 is 2.15 bits per heavy atom. The third-order valence-electron chi connectivity index (χ3n) is 4.54. The third-order valence-corrected chi connectivity index (χ3v) is 4.54. The van der Waals surface area contributed by atoms with Crippen LogP contribution in [0.5, 0.6) is 0 Å². The zero-order valence-corrected chi connectivity index (χ0v) is 12.8. The first-order valence-corrected chi connectivity index (χ1v) is 7.50. The van der Waals surface area contributed by atoms with Crippen LogP contribution in [-0.2, 0) is 13.0 Å². The molecule has 1 heterocycles. The van der Waals surface area contributed by atoms with Gasteiger partial charge in [-0.2, -0.15) is 5.10 Å². The van der Waals surface area contributed by atoms with Crippen molar-refractivity contribution in [1.29, 1.82) is 0 Å². The predicted octanol–water partition coefficient (Wildman–Crippen LogP) is 3.39. The molecule has 0 bridgehead atoms. The van der Waals surface area contributed by atoms with Crippen molar-refractivity contribution in [2.75, 3.05) is 7.05 Å². The van der Waals surface area contributed by atoms with Crippen molar-refractivity contribution in [3.63, 3.8) is 0 Å². The lowest BCUT2D eigenvalue weighted by Gasteiger charge is -2.11. The highest BCUT2D eigenvalue weighted by Crippen LogP contribution is 2.35. The summed E-state index contributed by atoms with van der Waals surface area (Å²) >= 11 is 0. The summed E-state index contributed by atoms with van der Waals surface area (Å²) in [6, 6.07) is 7.44. The largest absolute Gasteiger partial charge is 0.313 e. The maximum atomic E-state index is 4.63. The summed E-state index contributed by atoms with van der Waals surface area (Å²) in [5, 5.41) is 8.03. The molecule has 0 aliphatic heterocycles. The highest BCUT2D eigenvalue weighted by atomic mass is 15.3. The second-order valence-electron chi connectivity index (χ2n) is 5.66. The highest BCUT2D eigenvalue weighted by Gasteiger charge is 2.22. The van der Waals surface area contributed by atoms with Gasteiger partial charge in [-0.1, -0.05) is 18.2 Å². The molecule has 1 aliphatic rings. The zero-order chi connectivity index (χ0) is 14.3. The van der Waals surface area contributed by atoms with Crippen molar-refractivity contribution >= 4 is 0 Å². The Labute approximate surface area is 121 Å². The minimum atomic E-state index is 0.527. The number of nitrogens with one attached hydrogen (secondary N) is 1. The van der Waals surface area contributed by atoms with Crippen LogP contribution >= 0.6 is 0 Å². The van der Waals surface area contributed by atoms with Crippen LogP contribution in [0.4, 0.5) is 0 Å². The van der Waals surface area contributed by atoms with Crippen molar-refractivity contribution in [1.82, 2.24) is 15.1 Å². The molecule has 3 rings (SSSR count). The van der Waals surface area contributed by atoms with E-state index in [1.165, 1.54) is 40.8 Å². The first-order valence-electron chi connectivity index (χ1n) is 7.50. The van der Waals surface area contributed by atoms with E-state index in [1.54, 1.807) is 0 Å². The molecular formula is C17H23N3. The molecule has 1 N–H and O–H groups in total. The lowest BCUT2D eigenvalue weighted by molar-refractivity contribution is 0.590. The standard InChI is InChI=1S/C17H23N3/c1-5-20-12(3)17(11(2)19-20)14-6-8-15-13(10-14)7-9-16(15)18-4/h6,8,10,16,18H,5,7,9H2,1-4H3. The molecule has 106 valence electrons. The summed E-state index contributed by atoms with van der Waals surface area (Å²) in [5.74, 6) is 0. The highest BCUT2D eigenvalue weighted by molar-refractivity contribution is 5.70. The fourth-order valence-corrected chi connectivity index (χ4v) is 3.50. The van der Waals surface area contributed by atoms with Gasteiger partial charge in [-0.15, -0.1) is 0 Å². The average Bonchev–Trinajstić information content (AvgIpc) is 2.98. The van der Waals surface area contributed by atoms with Gasteiger partial charge in [0.1, 0.15) is 0 Å². The van der Waals surface area contributed by atoms with Crippen LogP contribution in [-0.4, -0.2) is 16.8 Å². The number of benzene rings is 1. The normalized spacial score (nSPS) is 17.5. The maximum absolute atomic E-state index is 4.63. The first kappa shape index (κ1) is 13.4. The second-order valence-corrected chi connectivity index (χ2v) is 5.66. The fraction of sp³-hybridized carbons (Fsp3) is 0.471.